The maximum absolute atomic E-state index is 13.0. The molecule has 8 heteroatoms. The van der Waals surface area contributed by atoms with Crippen LogP contribution >= 0.6 is 0 Å². The molecule has 0 aromatic heterocycles. The third-order valence-electron chi connectivity index (χ3n) is 5.77. The molecule has 3 amide bonds. The number of carbonyl (C=O) groups is 3. The van der Waals surface area contributed by atoms with E-state index >= 15 is 0 Å². The van der Waals surface area contributed by atoms with Crippen molar-refractivity contribution >= 4 is 17.7 Å². The maximum Gasteiger partial charge on any atom is 0.251 e. The summed E-state index contributed by atoms with van der Waals surface area (Å²) in [6.45, 7) is 0.311. The van der Waals surface area contributed by atoms with Crippen molar-refractivity contribution in [1.29, 1.82) is 0 Å². The van der Waals surface area contributed by atoms with Gasteiger partial charge in [-0.1, -0.05) is 18.2 Å². The molecule has 0 spiro atoms. The highest BCUT2D eigenvalue weighted by atomic mass is 16.5. The smallest absolute Gasteiger partial charge is 0.251 e. The van der Waals surface area contributed by atoms with Gasteiger partial charge >= 0.3 is 0 Å². The quantitative estimate of drug-likeness (QED) is 0.727. The van der Waals surface area contributed by atoms with E-state index in [1.54, 1.807) is 43.4 Å². The predicted molar refractivity (Wildman–Crippen MR) is 113 cm³/mol. The summed E-state index contributed by atoms with van der Waals surface area (Å²) in [6, 6.07) is 12.8. The van der Waals surface area contributed by atoms with Crippen LogP contribution < -0.4 is 20.1 Å². The van der Waals surface area contributed by atoms with E-state index in [1.165, 1.54) is 0 Å². The van der Waals surface area contributed by atoms with Gasteiger partial charge in [-0.15, -0.1) is 0 Å². The minimum atomic E-state index is -0.620. The van der Waals surface area contributed by atoms with Gasteiger partial charge in [0.15, 0.2) is 0 Å². The Morgan fingerprint density at radius 2 is 1.84 bits per heavy atom. The highest BCUT2D eigenvalue weighted by molar-refractivity contribution is 5.98. The molecule has 0 unspecified atom stereocenters. The maximum atomic E-state index is 13.0. The summed E-state index contributed by atoms with van der Waals surface area (Å²) in [6.07, 6.45) is 0.793. The second-order valence-electron chi connectivity index (χ2n) is 7.76. The first-order valence-corrected chi connectivity index (χ1v) is 10.2. The third kappa shape index (κ3) is 4.33. The van der Waals surface area contributed by atoms with E-state index in [0.717, 1.165) is 11.3 Å². The predicted octanol–water partition coefficient (Wildman–Crippen LogP) is 1.14. The summed E-state index contributed by atoms with van der Waals surface area (Å²) >= 11 is 0. The zero-order valence-electron chi connectivity index (χ0n) is 17.5. The molecule has 0 saturated carbocycles. The molecule has 2 heterocycles. The first-order valence-electron chi connectivity index (χ1n) is 10.2. The molecule has 2 aromatic carbocycles. The average Bonchev–Trinajstić information content (AvgIpc) is 3.22. The Hall–Kier alpha value is -3.55. The number of carbonyl (C=O) groups excluding carboxylic acids is 3. The first kappa shape index (κ1) is 20.7. The minimum Gasteiger partial charge on any atom is -0.497 e. The van der Waals surface area contributed by atoms with Crippen molar-refractivity contribution in [3.05, 3.63) is 59.7 Å². The van der Waals surface area contributed by atoms with Crippen molar-refractivity contribution in [2.75, 3.05) is 20.8 Å². The summed E-state index contributed by atoms with van der Waals surface area (Å²) in [4.78, 5) is 39.9. The Bertz CT molecular complexity index is 991. The molecule has 4 rings (SSSR count). The highest BCUT2D eigenvalue weighted by Crippen LogP contribution is 2.25. The SMILES string of the molecule is COc1ccc(C[C@@H]2NC(=O)[C@@H]3C[C@H](NC(=O)c4cccc(OC)c4)CN3C2=O)cc1. The van der Waals surface area contributed by atoms with Crippen LogP contribution in [0.4, 0.5) is 0 Å². The summed E-state index contributed by atoms with van der Waals surface area (Å²) in [7, 11) is 3.13. The molecule has 3 atom stereocenters. The van der Waals surface area contributed by atoms with Gasteiger partial charge in [0.2, 0.25) is 11.8 Å². The Morgan fingerprint density at radius 1 is 1.10 bits per heavy atom. The monoisotopic (exact) mass is 423 g/mol. The van der Waals surface area contributed by atoms with Crippen molar-refractivity contribution in [3.8, 4) is 11.5 Å². The summed E-state index contributed by atoms with van der Waals surface area (Å²) in [5, 5.41) is 5.78. The molecular formula is C23H25N3O5. The van der Waals surface area contributed by atoms with Crippen molar-refractivity contribution in [3.63, 3.8) is 0 Å². The summed E-state index contributed by atoms with van der Waals surface area (Å²) in [5.41, 5.74) is 1.40. The number of hydrogen-bond acceptors (Lipinski definition) is 5. The number of amides is 3. The highest BCUT2D eigenvalue weighted by Gasteiger charge is 2.46. The van der Waals surface area contributed by atoms with Crippen molar-refractivity contribution < 1.29 is 23.9 Å². The standard InChI is InChI=1S/C23H25N3O5/c1-30-17-8-6-14(7-9-17)10-19-23(29)26-13-16(12-20(26)22(28)25-19)24-21(27)15-4-3-5-18(11-15)31-2/h3-9,11,16,19-20H,10,12-13H2,1-2H3,(H,24,27)(H,25,28)/t16-,19-,20-/m0/s1. The van der Waals surface area contributed by atoms with Gasteiger partial charge in [0.05, 0.1) is 14.2 Å². The van der Waals surface area contributed by atoms with Crippen LogP contribution in [0.3, 0.4) is 0 Å². The molecule has 8 nitrogen and oxygen atoms in total. The van der Waals surface area contributed by atoms with Crippen molar-refractivity contribution in [2.45, 2.75) is 31.0 Å². The number of nitrogens with zero attached hydrogens (tertiary/aromatic N) is 1. The average molecular weight is 423 g/mol. The molecule has 162 valence electrons. The fourth-order valence-electron chi connectivity index (χ4n) is 4.13. The largest absolute Gasteiger partial charge is 0.497 e. The molecule has 31 heavy (non-hydrogen) atoms. The summed E-state index contributed by atoms with van der Waals surface area (Å²) < 4.78 is 10.3. The van der Waals surface area contributed by atoms with Crippen molar-refractivity contribution in [1.82, 2.24) is 15.5 Å². The second kappa shape index (κ2) is 8.67. The van der Waals surface area contributed by atoms with E-state index in [9.17, 15) is 14.4 Å². The fourth-order valence-corrected chi connectivity index (χ4v) is 4.13. The van der Waals surface area contributed by atoms with E-state index in [4.69, 9.17) is 9.47 Å². The molecular weight excluding hydrogens is 398 g/mol. The number of hydrogen-bond donors (Lipinski definition) is 2. The lowest BCUT2D eigenvalue weighted by Gasteiger charge is -2.34. The van der Waals surface area contributed by atoms with E-state index < -0.39 is 12.1 Å². The number of piperazine rings is 1. The lowest BCUT2D eigenvalue weighted by Crippen LogP contribution is -2.61. The molecule has 0 aliphatic carbocycles. The van der Waals surface area contributed by atoms with E-state index in [2.05, 4.69) is 10.6 Å². The van der Waals surface area contributed by atoms with Crippen LogP contribution in [-0.4, -0.2) is 61.5 Å². The summed E-state index contributed by atoms with van der Waals surface area (Å²) in [5.74, 6) is 0.755. The lowest BCUT2D eigenvalue weighted by atomic mass is 10.0. The zero-order chi connectivity index (χ0) is 22.0. The number of benzene rings is 2. The number of methoxy groups -OCH3 is 2. The third-order valence-corrected chi connectivity index (χ3v) is 5.77. The molecule has 2 N–H and O–H groups in total. The van der Waals surface area contributed by atoms with Gasteiger partial charge in [-0.25, -0.2) is 0 Å². The Kier molecular flexibility index (Phi) is 5.79. The van der Waals surface area contributed by atoms with E-state index in [0.29, 0.717) is 30.7 Å². The Morgan fingerprint density at radius 3 is 2.55 bits per heavy atom. The minimum absolute atomic E-state index is 0.126. The van der Waals surface area contributed by atoms with Gasteiger partial charge in [-0.05, 0) is 42.3 Å². The van der Waals surface area contributed by atoms with Gasteiger partial charge in [0, 0.05) is 24.6 Å². The number of fused-ring (bicyclic) bond motifs is 1. The molecule has 0 radical (unpaired) electrons. The fraction of sp³-hybridized carbons (Fsp3) is 0.348. The molecule has 2 fully saturated rings. The van der Waals surface area contributed by atoms with Crippen LogP contribution in [0.2, 0.25) is 0 Å². The topological polar surface area (TPSA) is 97.0 Å². The van der Waals surface area contributed by atoms with Gasteiger partial charge in [0.1, 0.15) is 23.6 Å². The molecule has 2 saturated heterocycles. The number of rotatable bonds is 6. The molecule has 2 aliphatic rings. The Labute approximate surface area is 180 Å². The van der Waals surface area contributed by atoms with Crippen LogP contribution in [0.25, 0.3) is 0 Å². The van der Waals surface area contributed by atoms with Crippen molar-refractivity contribution in [2.24, 2.45) is 0 Å². The molecule has 2 aromatic rings. The number of nitrogens with one attached hydrogen (secondary N) is 2. The second-order valence-corrected chi connectivity index (χ2v) is 7.76. The van der Waals surface area contributed by atoms with Crippen LogP contribution in [-0.2, 0) is 16.0 Å². The molecule has 0 bridgehead atoms. The van der Waals surface area contributed by atoms with Crippen LogP contribution in [0, 0.1) is 0 Å². The zero-order valence-corrected chi connectivity index (χ0v) is 17.5. The normalized spacial score (nSPS) is 22.5. The Balaban J connectivity index is 1.41. The number of ether oxygens (including phenoxy) is 2. The van der Waals surface area contributed by atoms with Crippen LogP contribution in [0.1, 0.15) is 22.3 Å². The van der Waals surface area contributed by atoms with Gasteiger partial charge in [-0.3, -0.25) is 14.4 Å². The lowest BCUT2D eigenvalue weighted by molar-refractivity contribution is -0.147. The first-order chi connectivity index (χ1) is 15.0. The van der Waals surface area contributed by atoms with E-state index in [1.807, 2.05) is 24.3 Å². The van der Waals surface area contributed by atoms with Gasteiger partial charge in [-0.2, -0.15) is 0 Å². The van der Waals surface area contributed by atoms with Gasteiger partial charge < -0.3 is 25.0 Å². The van der Waals surface area contributed by atoms with Gasteiger partial charge in [0.25, 0.3) is 5.91 Å². The van der Waals surface area contributed by atoms with Crippen LogP contribution in [0.15, 0.2) is 48.5 Å². The van der Waals surface area contributed by atoms with Crippen LogP contribution in [0.5, 0.6) is 11.5 Å². The van der Waals surface area contributed by atoms with E-state index in [-0.39, 0.29) is 23.8 Å². The molecule has 2 aliphatic heterocycles.